The first-order valence-corrected chi connectivity index (χ1v) is 13.4. The molecule has 2 unspecified atom stereocenters. The van der Waals surface area contributed by atoms with Crippen molar-refractivity contribution in [2.45, 2.75) is 65.1 Å². The first kappa shape index (κ1) is 32.1. The van der Waals surface area contributed by atoms with Crippen molar-refractivity contribution in [3.8, 4) is 0 Å². The van der Waals surface area contributed by atoms with Gasteiger partial charge in [-0.2, -0.15) is 0 Å². The Bertz CT molecular complexity index is 1140. The van der Waals surface area contributed by atoms with E-state index in [1.807, 2.05) is 49.4 Å². The van der Waals surface area contributed by atoms with Crippen LogP contribution in [0.25, 0.3) is 0 Å². The molecule has 2 rings (SSSR count). The molecule has 0 bridgehead atoms. The topological polar surface area (TPSA) is 114 Å². The summed E-state index contributed by atoms with van der Waals surface area (Å²) < 4.78 is 10.4. The summed E-state index contributed by atoms with van der Waals surface area (Å²) in [6.45, 7) is 12.9. The third-order valence-electron chi connectivity index (χ3n) is 5.77. The number of rotatable bonds is 13. The van der Waals surface area contributed by atoms with Gasteiger partial charge in [0, 0.05) is 19.5 Å². The van der Waals surface area contributed by atoms with Crippen LogP contribution in [0, 0.1) is 6.92 Å². The second kappa shape index (κ2) is 15.5. The number of aryl methyl sites for hydroxylation is 1. The lowest BCUT2D eigenvalue weighted by Gasteiger charge is -2.34. The molecule has 9 nitrogen and oxygen atoms in total. The van der Waals surface area contributed by atoms with Crippen molar-refractivity contribution in [3.05, 3.63) is 83.9 Å². The Morgan fingerprint density at radius 3 is 2.25 bits per heavy atom. The standard InChI is InChI=1S/C31H41N3O6/c1-7-20-34(27(24-16-14-22(3)15-17-24)28(36)32-19-18-26(35)39-8-2)29(37)25(21-23-12-10-9-11-13-23)33-30(38)40-31(4,5)6/h7,9-17,25,27H,1,8,18-21H2,2-6H3,(H,32,36)(H,33,38). The minimum Gasteiger partial charge on any atom is -0.466 e. The van der Waals surface area contributed by atoms with E-state index < -0.39 is 41.6 Å². The SMILES string of the molecule is C=CCN(C(=O)C(Cc1ccccc1)NC(=O)OC(C)(C)C)C(C(=O)NCCC(=O)OCC)c1ccc(C)cc1. The Hall–Kier alpha value is -4.14. The van der Waals surface area contributed by atoms with E-state index >= 15 is 0 Å². The van der Waals surface area contributed by atoms with Gasteiger partial charge in [0.25, 0.3) is 0 Å². The van der Waals surface area contributed by atoms with Gasteiger partial charge < -0.3 is 25.0 Å². The minimum atomic E-state index is -1.05. The fraction of sp³-hybridized carbons (Fsp3) is 0.419. The zero-order chi connectivity index (χ0) is 29.7. The van der Waals surface area contributed by atoms with Gasteiger partial charge in [-0.25, -0.2) is 4.79 Å². The second-order valence-corrected chi connectivity index (χ2v) is 10.3. The second-order valence-electron chi connectivity index (χ2n) is 10.3. The van der Waals surface area contributed by atoms with Gasteiger partial charge in [-0.3, -0.25) is 14.4 Å². The summed E-state index contributed by atoms with van der Waals surface area (Å²) in [6, 6.07) is 14.4. The number of hydrogen-bond donors (Lipinski definition) is 2. The number of ether oxygens (including phenoxy) is 2. The van der Waals surface area contributed by atoms with Gasteiger partial charge >= 0.3 is 12.1 Å². The van der Waals surface area contributed by atoms with Gasteiger partial charge in [-0.05, 0) is 45.7 Å². The maximum Gasteiger partial charge on any atom is 0.408 e. The molecule has 0 saturated heterocycles. The van der Waals surface area contributed by atoms with Crippen LogP contribution in [-0.4, -0.2) is 60.1 Å². The number of carbonyl (C=O) groups excluding carboxylic acids is 4. The molecule has 0 fully saturated rings. The van der Waals surface area contributed by atoms with Crippen LogP contribution in [0.15, 0.2) is 67.3 Å². The molecule has 2 aromatic rings. The monoisotopic (exact) mass is 551 g/mol. The zero-order valence-corrected chi connectivity index (χ0v) is 24.1. The number of esters is 1. The van der Waals surface area contributed by atoms with Gasteiger partial charge in [0.2, 0.25) is 11.8 Å². The number of alkyl carbamates (subject to hydrolysis) is 1. The summed E-state index contributed by atoms with van der Waals surface area (Å²) in [5.74, 6) is -1.39. The van der Waals surface area contributed by atoms with Crippen LogP contribution in [0.1, 0.15) is 56.8 Å². The van der Waals surface area contributed by atoms with E-state index in [9.17, 15) is 19.2 Å². The molecule has 2 atom stereocenters. The van der Waals surface area contributed by atoms with Gasteiger partial charge in [-0.15, -0.1) is 6.58 Å². The van der Waals surface area contributed by atoms with Crippen LogP contribution in [0.2, 0.25) is 0 Å². The Labute approximate surface area is 236 Å². The maximum absolute atomic E-state index is 14.1. The zero-order valence-electron chi connectivity index (χ0n) is 24.1. The van der Waals surface area contributed by atoms with Crippen LogP contribution < -0.4 is 10.6 Å². The lowest BCUT2D eigenvalue weighted by molar-refractivity contribution is -0.144. The summed E-state index contributed by atoms with van der Waals surface area (Å²) in [7, 11) is 0. The van der Waals surface area contributed by atoms with E-state index in [4.69, 9.17) is 9.47 Å². The number of nitrogens with one attached hydrogen (secondary N) is 2. The Morgan fingerprint density at radius 2 is 1.68 bits per heavy atom. The molecule has 0 aromatic heterocycles. The van der Waals surface area contributed by atoms with Crippen LogP contribution >= 0.6 is 0 Å². The largest absolute Gasteiger partial charge is 0.466 e. The molecule has 2 N–H and O–H groups in total. The summed E-state index contributed by atoms with van der Waals surface area (Å²) in [5.41, 5.74) is 1.61. The van der Waals surface area contributed by atoms with Crippen molar-refractivity contribution in [2.75, 3.05) is 19.7 Å². The minimum absolute atomic E-state index is 0.00751. The molecular formula is C31H41N3O6. The third-order valence-corrected chi connectivity index (χ3v) is 5.77. The Balaban J connectivity index is 2.44. The van der Waals surface area contributed by atoms with Crippen molar-refractivity contribution >= 4 is 23.9 Å². The predicted octanol–water partition coefficient (Wildman–Crippen LogP) is 4.26. The molecule has 3 amide bonds. The van der Waals surface area contributed by atoms with Gasteiger partial charge in [0.05, 0.1) is 13.0 Å². The fourth-order valence-corrected chi connectivity index (χ4v) is 4.00. The molecule has 0 aliphatic heterocycles. The molecular weight excluding hydrogens is 510 g/mol. The highest BCUT2D eigenvalue weighted by atomic mass is 16.6. The maximum atomic E-state index is 14.1. The Morgan fingerprint density at radius 1 is 1.02 bits per heavy atom. The number of nitrogens with zero attached hydrogens (tertiary/aromatic N) is 1. The third kappa shape index (κ3) is 10.6. The van der Waals surface area contributed by atoms with E-state index in [1.165, 1.54) is 11.0 Å². The van der Waals surface area contributed by atoms with Gasteiger partial charge in [0.1, 0.15) is 17.7 Å². The highest BCUT2D eigenvalue weighted by Crippen LogP contribution is 2.24. The molecule has 0 spiro atoms. The van der Waals surface area contributed by atoms with Crippen molar-refractivity contribution < 1.29 is 28.7 Å². The Kier molecular flexibility index (Phi) is 12.4. The molecule has 9 heteroatoms. The number of carbonyl (C=O) groups is 4. The fourth-order valence-electron chi connectivity index (χ4n) is 4.00. The lowest BCUT2D eigenvalue weighted by atomic mass is 9.99. The molecule has 0 aliphatic carbocycles. The first-order valence-electron chi connectivity index (χ1n) is 13.4. The van der Waals surface area contributed by atoms with E-state index in [-0.39, 0.29) is 32.5 Å². The van der Waals surface area contributed by atoms with Crippen molar-refractivity contribution in [2.24, 2.45) is 0 Å². The summed E-state index contributed by atoms with van der Waals surface area (Å²) in [4.78, 5) is 53.7. The number of amides is 3. The van der Waals surface area contributed by atoms with Crippen molar-refractivity contribution in [3.63, 3.8) is 0 Å². The lowest BCUT2D eigenvalue weighted by Crippen LogP contribution is -2.54. The quantitative estimate of drug-likeness (QED) is 0.284. The van der Waals surface area contributed by atoms with Crippen molar-refractivity contribution in [1.82, 2.24) is 15.5 Å². The van der Waals surface area contributed by atoms with E-state index in [1.54, 1.807) is 39.8 Å². The van der Waals surface area contributed by atoms with Gasteiger partial charge in [-0.1, -0.05) is 66.2 Å². The summed E-state index contributed by atoms with van der Waals surface area (Å²) in [5, 5.41) is 5.47. The number of benzene rings is 2. The highest BCUT2D eigenvalue weighted by Gasteiger charge is 2.36. The van der Waals surface area contributed by atoms with Crippen molar-refractivity contribution in [1.29, 1.82) is 0 Å². The summed E-state index contributed by atoms with van der Waals surface area (Å²) in [6.07, 6.45) is 0.952. The molecule has 0 saturated carbocycles. The van der Waals surface area contributed by atoms with Crippen LogP contribution in [0.5, 0.6) is 0 Å². The summed E-state index contributed by atoms with van der Waals surface area (Å²) >= 11 is 0. The molecule has 40 heavy (non-hydrogen) atoms. The molecule has 0 heterocycles. The first-order chi connectivity index (χ1) is 18.9. The highest BCUT2D eigenvalue weighted by molar-refractivity contribution is 5.92. The van der Waals surface area contributed by atoms with E-state index in [2.05, 4.69) is 17.2 Å². The van der Waals surface area contributed by atoms with Crippen LogP contribution in [0.4, 0.5) is 4.79 Å². The average molecular weight is 552 g/mol. The van der Waals surface area contributed by atoms with Crippen LogP contribution in [-0.2, 0) is 30.3 Å². The predicted molar refractivity (Wildman–Crippen MR) is 153 cm³/mol. The molecule has 0 radical (unpaired) electrons. The van der Waals surface area contributed by atoms with Gasteiger partial charge in [0.15, 0.2) is 0 Å². The van der Waals surface area contributed by atoms with E-state index in [0.717, 1.165) is 11.1 Å². The normalized spacial score (nSPS) is 12.4. The smallest absolute Gasteiger partial charge is 0.408 e. The molecule has 216 valence electrons. The molecule has 2 aromatic carbocycles. The molecule has 0 aliphatic rings. The van der Waals surface area contributed by atoms with E-state index in [0.29, 0.717) is 5.56 Å². The number of hydrogen-bond acceptors (Lipinski definition) is 6. The average Bonchev–Trinajstić information content (AvgIpc) is 2.88. The van der Waals surface area contributed by atoms with Crippen LogP contribution in [0.3, 0.4) is 0 Å².